The van der Waals surface area contributed by atoms with Crippen molar-refractivity contribution in [2.24, 2.45) is 5.73 Å². The van der Waals surface area contributed by atoms with Crippen molar-refractivity contribution in [1.29, 1.82) is 0 Å². The molecule has 1 aliphatic heterocycles. The molecule has 8 heteroatoms. The van der Waals surface area contributed by atoms with Gasteiger partial charge in [-0.3, -0.25) is 9.80 Å². The number of halogens is 1. The standard InChI is InChI=1S/C18H18FN3O4/c19-16-8-14(22-11-15(9-20)26-18(22)25)7-6-12(16)10-21(17(23)24)13-4-2-1-3-5-13/h1-8,15H,9-11,20H2,(H,23,24)/t15-/m0/s1. The SMILES string of the molecule is NC[C@H]1CN(c2ccc(CN(C(=O)O)c3ccccc3)c(F)c2)C(=O)O1. The fraction of sp³-hybridized carbons (Fsp3) is 0.222. The number of para-hydroxylation sites is 1. The molecule has 0 bridgehead atoms. The van der Waals surface area contributed by atoms with Crippen molar-refractivity contribution in [1.82, 2.24) is 0 Å². The van der Waals surface area contributed by atoms with Crippen LogP contribution in [0.1, 0.15) is 5.56 Å². The molecule has 2 aromatic carbocycles. The van der Waals surface area contributed by atoms with Gasteiger partial charge in [0.2, 0.25) is 0 Å². The number of carbonyl (C=O) groups is 2. The second-order valence-electron chi connectivity index (χ2n) is 5.83. The zero-order valence-electron chi connectivity index (χ0n) is 13.8. The molecule has 26 heavy (non-hydrogen) atoms. The third kappa shape index (κ3) is 3.60. The predicted molar refractivity (Wildman–Crippen MR) is 93.7 cm³/mol. The van der Waals surface area contributed by atoms with Crippen LogP contribution in [0.5, 0.6) is 0 Å². The molecule has 0 aliphatic carbocycles. The number of carbonyl (C=O) groups excluding carboxylic acids is 1. The number of nitrogens with zero attached hydrogens (tertiary/aromatic N) is 2. The van der Waals surface area contributed by atoms with E-state index in [4.69, 9.17) is 10.5 Å². The van der Waals surface area contributed by atoms with E-state index in [0.717, 1.165) is 4.90 Å². The van der Waals surface area contributed by atoms with Gasteiger partial charge in [0.1, 0.15) is 11.9 Å². The Morgan fingerprint density at radius 2 is 2.04 bits per heavy atom. The highest BCUT2D eigenvalue weighted by Crippen LogP contribution is 2.25. The van der Waals surface area contributed by atoms with Crippen molar-refractivity contribution in [2.45, 2.75) is 12.6 Å². The Morgan fingerprint density at radius 3 is 2.62 bits per heavy atom. The van der Waals surface area contributed by atoms with Crippen molar-refractivity contribution in [2.75, 3.05) is 22.9 Å². The molecule has 0 saturated carbocycles. The molecule has 0 spiro atoms. The number of cyclic esters (lactones) is 1. The first-order valence-electron chi connectivity index (χ1n) is 8.01. The maximum absolute atomic E-state index is 14.5. The third-order valence-corrected chi connectivity index (χ3v) is 4.11. The number of hydrogen-bond acceptors (Lipinski definition) is 4. The van der Waals surface area contributed by atoms with Crippen molar-refractivity contribution >= 4 is 23.6 Å². The summed E-state index contributed by atoms with van der Waals surface area (Å²) < 4.78 is 19.6. The molecular weight excluding hydrogens is 341 g/mol. The fourth-order valence-electron chi connectivity index (χ4n) is 2.74. The molecular formula is C18H18FN3O4. The third-order valence-electron chi connectivity index (χ3n) is 4.11. The van der Waals surface area contributed by atoms with E-state index >= 15 is 0 Å². The van der Waals surface area contributed by atoms with E-state index in [1.54, 1.807) is 36.4 Å². The van der Waals surface area contributed by atoms with Crippen LogP contribution in [0.3, 0.4) is 0 Å². The van der Waals surface area contributed by atoms with Gasteiger partial charge in [-0.1, -0.05) is 24.3 Å². The van der Waals surface area contributed by atoms with Crippen LogP contribution in [0.4, 0.5) is 25.4 Å². The van der Waals surface area contributed by atoms with Gasteiger partial charge in [0.15, 0.2) is 0 Å². The van der Waals surface area contributed by atoms with Gasteiger partial charge in [0.05, 0.1) is 18.8 Å². The quantitative estimate of drug-likeness (QED) is 0.856. The van der Waals surface area contributed by atoms with E-state index < -0.39 is 24.1 Å². The van der Waals surface area contributed by atoms with Crippen LogP contribution >= 0.6 is 0 Å². The molecule has 0 aromatic heterocycles. The second-order valence-corrected chi connectivity index (χ2v) is 5.83. The Labute approximate surface area is 149 Å². The Bertz CT molecular complexity index is 815. The number of ether oxygens (including phenoxy) is 1. The van der Waals surface area contributed by atoms with Crippen LogP contribution in [0.25, 0.3) is 0 Å². The summed E-state index contributed by atoms with van der Waals surface area (Å²) in [5.41, 5.74) is 6.47. The van der Waals surface area contributed by atoms with Gasteiger partial charge in [-0.15, -0.1) is 0 Å². The highest BCUT2D eigenvalue weighted by Gasteiger charge is 2.31. The average Bonchev–Trinajstić information content (AvgIpc) is 3.02. The number of benzene rings is 2. The summed E-state index contributed by atoms with van der Waals surface area (Å²) in [6, 6.07) is 12.7. The van der Waals surface area contributed by atoms with Crippen LogP contribution < -0.4 is 15.5 Å². The molecule has 136 valence electrons. The van der Waals surface area contributed by atoms with Gasteiger partial charge in [-0.05, 0) is 24.3 Å². The zero-order valence-corrected chi connectivity index (χ0v) is 13.8. The minimum absolute atomic E-state index is 0.151. The van der Waals surface area contributed by atoms with Crippen LogP contribution in [-0.4, -0.2) is 36.5 Å². The number of carboxylic acid groups (broad SMARTS) is 1. The summed E-state index contributed by atoms with van der Waals surface area (Å²) in [4.78, 5) is 25.7. The Balaban J connectivity index is 1.81. The minimum atomic E-state index is -1.19. The molecule has 3 N–H and O–H groups in total. The van der Waals surface area contributed by atoms with Crippen LogP contribution in [0.2, 0.25) is 0 Å². The second kappa shape index (κ2) is 7.40. The van der Waals surface area contributed by atoms with E-state index in [-0.39, 0.29) is 25.2 Å². The number of rotatable bonds is 5. The lowest BCUT2D eigenvalue weighted by molar-refractivity contribution is 0.145. The fourth-order valence-corrected chi connectivity index (χ4v) is 2.74. The van der Waals surface area contributed by atoms with Crippen LogP contribution in [-0.2, 0) is 11.3 Å². The Morgan fingerprint density at radius 1 is 1.31 bits per heavy atom. The summed E-state index contributed by atoms with van der Waals surface area (Å²) in [6.07, 6.45) is -2.19. The van der Waals surface area contributed by atoms with Gasteiger partial charge in [0, 0.05) is 17.8 Å². The molecule has 0 radical (unpaired) electrons. The topological polar surface area (TPSA) is 96.1 Å². The number of nitrogens with two attached hydrogens (primary N) is 1. The van der Waals surface area contributed by atoms with Gasteiger partial charge >= 0.3 is 12.2 Å². The van der Waals surface area contributed by atoms with Gasteiger partial charge in [0.25, 0.3) is 0 Å². The number of amides is 2. The first-order valence-corrected chi connectivity index (χ1v) is 8.01. The van der Waals surface area contributed by atoms with Gasteiger partial charge < -0.3 is 15.6 Å². The van der Waals surface area contributed by atoms with E-state index in [2.05, 4.69) is 0 Å². The van der Waals surface area contributed by atoms with Crippen LogP contribution in [0, 0.1) is 5.82 Å². The maximum atomic E-state index is 14.5. The molecule has 2 amide bonds. The molecule has 7 nitrogen and oxygen atoms in total. The highest BCUT2D eigenvalue weighted by molar-refractivity contribution is 5.90. The van der Waals surface area contributed by atoms with E-state index in [1.807, 2.05) is 0 Å². The van der Waals surface area contributed by atoms with E-state index in [0.29, 0.717) is 11.4 Å². The van der Waals surface area contributed by atoms with E-state index in [1.165, 1.54) is 17.0 Å². The average molecular weight is 359 g/mol. The number of anilines is 2. The monoisotopic (exact) mass is 359 g/mol. The normalized spacial score (nSPS) is 16.5. The van der Waals surface area contributed by atoms with Crippen molar-refractivity contribution in [3.63, 3.8) is 0 Å². The molecule has 2 aromatic rings. The summed E-state index contributed by atoms with van der Waals surface area (Å²) in [7, 11) is 0. The zero-order chi connectivity index (χ0) is 18.7. The Hall–Kier alpha value is -3.13. The minimum Gasteiger partial charge on any atom is -0.465 e. The van der Waals surface area contributed by atoms with Crippen molar-refractivity contribution in [3.05, 3.63) is 59.9 Å². The summed E-state index contributed by atoms with van der Waals surface area (Å²) >= 11 is 0. The molecule has 1 fully saturated rings. The molecule has 1 heterocycles. The Kier molecular flexibility index (Phi) is 5.04. The first kappa shape index (κ1) is 17.7. The van der Waals surface area contributed by atoms with Crippen molar-refractivity contribution in [3.8, 4) is 0 Å². The molecule has 1 aliphatic rings. The first-order chi connectivity index (χ1) is 12.5. The molecule has 1 saturated heterocycles. The summed E-state index contributed by atoms with van der Waals surface area (Å²) in [5, 5.41) is 9.42. The van der Waals surface area contributed by atoms with Crippen LogP contribution in [0.15, 0.2) is 48.5 Å². The highest BCUT2D eigenvalue weighted by atomic mass is 19.1. The molecule has 0 unspecified atom stereocenters. The van der Waals surface area contributed by atoms with E-state index in [9.17, 15) is 19.1 Å². The lowest BCUT2D eigenvalue weighted by Gasteiger charge is -2.20. The smallest absolute Gasteiger partial charge is 0.414 e. The largest absolute Gasteiger partial charge is 0.465 e. The molecule has 3 rings (SSSR count). The lowest BCUT2D eigenvalue weighted by atomic mass is 10.1. The lowest BCUT2D eigenvalue weighted by Crippen LogP contribution is -2.29. The molecule has 1 atom stereocenters. The summed E-state index contributed by atoms with van der Waals surface area (Å²) in [5.74, 6) is -0.603. The number of hydrogen-bond donors (Lipinski definition) is 2. The summed E-state index contributed by atoms with van der Waals surface area (Å²) in [6.45, 7) is 0.286. The van der Waals surface area contributed by atoms with Gasteiger partial charge in [-0.25, -0.2) is 14.0 Å². The maximum Gasteiger partial charge on any atom is 0.414 e. The van der Waals surface area contributed by atoms with Gasteiger partial charge in [-0.2, -0.15) is 0 Å². The van der Waals surface area contributed by atoms with Crippen molar-refractivity contribution < 1.29 is 23.8 Å². The predicted octanol–water partition coefficient (Wildman–Crippen LogP) is 2.79.